The molecule has 0 atom stereocenters. The molecule has 0 nitrogen and oxygen atoms in total. The summed E-state index contributed by atoms with van der Waals surface area (Å²) in [6, 6.07) is 10.0. The van der Waals surface area contributed by atoms with Crippen LogP contribution < -0.4 is 0 Å². The Morgan fingerprint density at radius 3 is 1.83 bits per heavy atom. The molecule has 0 radical (unpaired) electrons. The number of rotatable bonds is 2. The lowest BCUT2D eigenvalue weighted by Crippen LogP contribution is -1.96. The van der Waals surface area contributed by atoms with Crippen molar-refractivity contribution in [2.45, 2.75) is 26.7 Å². The number of hydrogen-bond acceptors (Lipinski definition) is 0. The van der Waals surface area contributed by atoms with Gasteiger partial charge in [0.1, 0.15) is 11.6 Å². The van der Waals surface area contributed by atoms with E-state index in [1.165, 1.54) is 12.1 Å². The van der Waals surface area contributed by atoms with E-state index in [0.717, 1.165) is 5.56 Å². The molecule has 2 heteroatoms. The lowest BCUT2D eigenvalue weighted by Gasteiger charge is -2.10. The maximum atomic E-state index is 14.0. The Morgan fingerprint density at radius 2 is 1.39 bits per heavy atom. The summed E-state index contributed by atoms with van der Waals surface area (Å²) in [5.74, 6) is -0.883. The second-order valence-electron chi connectivity index (χ2n) is 4.88. The fourth-order valence-electron chi connectivity index (χ4n) is 1.92. The van der Waals surface area contributed by atoms with Crippen LogP contribution in [-0.2, 0) is 0 Å². The van der Waals surface area contributed by atoms with Crippen molar-refractivity contribution < 1.29 is 8.78 Å². The second kappa shape index (κ2) is 4.89. The molecular weight excluding hydrogens is 230 g/mol. The van der Waals surface area contributed by atoms with E-state index in [9.17, 15) is 8.78 Å². The fraction of sp³-hybridized carbons (Fsp3) is 0.250. The molecule has 0 bridgehead atoms. The van der Waals surface area contributed by atoms with Gasteiger partial charge in [-0.05, 0) is 36.1 Å². The normalized spacial score (nSPS) is 11.0. The maximum absolute atomic E-state index is 14.0. The predicted molar refractivity (Wildman–Crippen MR) is 70.6 cm³/mol. The molecule has 2 rings (SSSR count). The first kappa shape index (κ1) is 12.7. The van der Waals surface area contributed by atoms with Gasteiger partial charge in [-0.1, -0.05) is 43.7 Å². The summed E-state index contributed by atoms with van der Waals surface area (Å²) in [5, 5.41) is 0. The molecule has 2 aromatic rings. The Hall–Kier alpha value is -1.70. The average molecular weight is 246 g/mol. The third kappa shape index (κ3) is 2.42. The summed E-state index contributed by atoms with van der Waals surface area (Å²) in [5.41, 5.74) is 2.38. The molecule has 0 heterocycles. The third-order valence-corrected chi connectivity index (χ3v) is 3.07. The van der Waals surface area contributed by atoms with Crippen LogP contribution in [0.1, 0.15) is 30.9 Å². The summed E-state index contributed by atoms with van der Waals surface area (Å²) in [6.45, 7) is 5.78. The number of benzene rings is 2. The summed E-state index contributed by atoms with van der Waals surface area (Å²) in [7, 11) is 0. The van der Waals surface area contributed by atoms with E-state index in [2.05, 4.69) is 0 Å². The van der Waals surface area contributed by atoms with Crippen LogP contribution in [-0.4, -0.2) is 0 Å². The Labute approximate surface area is 106 Å². The first-order valence-corrected chi connectivity index (χ1v) is 6.05. The molecule has 0 amide bonds. The quantitative estimate of drug-likeness (QED) is 0.694. The van der Waals surface area contributed by atoms with Gasteiger partial charge in [0.15, 0.2) is 0 Å². The predicted octanol–water partition coefficient (Wildman–Crippen LogP) is 5.06. The van der Waals surface area contributed by atoms with Crippen LogP contribution in [0, 0.1) is 18.6 Å². The molecule has 0 N–H and O–H groups in total. The highest BCUT2D eigenvalue weighted by Crippen LogP contribution is 2.29. The van der Waals surface area contributed by atoms with Gasteiger partial charge in [-0.3, -0.25) is 0 Å². The van der Waals surface area contributed by atoms with Crippen LogP contribution in [0.3, 0.4) is 0 Å². The minimum absolute atomic E-state index is 0.0550. The smallest absolute Gasteiger partial charge is 0.134 e. The van der Waals surface area contributed by atoms with Crippen molar-refractivity contribution in [2.24, 2.45) is 0 Å². The van der Waals surface area contributed by atoms with E-state index in [-0.39, 0.29) is 11.5 Å². The number of hydrogen-bond donors (Lipinski definition) is 0. The minimum atomic E-state index is -0.498. The van der Waals surface area contributed by atoms with E-state index in [1.807, 2.05) is 32.9 Å². The van der Waals surface area contributed by atoms with Gasteiger partial charge in [0, 0.05) is 0 Å². The summed E-state index contributed by atoms with van der Waals surface area (Å²) >= 11 is 0. The van der Waals surface area contributed by atoms with E-state index in [0.29, 0.717) is 11.1 Å². The van der Waals surface area contributed by atoms with Gasteiger partial charge < -0.3 is 0 Å². The fourth-order valence-corrected chi connectivity index (χ4v) is 1.92. The van der Waals surface area contributed by atoms with Crippen molar-refractivity contribution in [1.82, 2.24) is 0 Å². The third-order valence-electron chi connectivity index (χ3n) is 3.07. The molecule has 0 spiro atoms. The Morgan fingerprint density at radius 1 is 0.889 bits per heavy atom. The molecule has 0 aliphatic heterocycles. The molecule has 94 valence electrons. The summed E-state index contributed by atoms with van der Waals surface area (Å²) in [6.07, 6.45) is 0. The second-order valence-corrected chi connectivity index (χ2v) is 4.88. The SMILES string of the molecule is Cc1ccc(-c2c(F)cc(C(C)C)cc2F)cc1. The standard InChI is InChI=1S/C16H16F2/c1-10(2)13-8-14(17)16(15(18)9-13)12-6-4-11(3)5-7-12/h4-10H,1-3H3. The lowest BCUT2D eigenvalue weighted by molar-refractivity contribution is 0.583. The highest BCUT2D eigenvalue weighted by Gasteiger charge is 2.14. The van der Waals surface area contributed by atoms with Gasteiger partial charge in [0.2, 0.25) is 0 Å². The van der Waals surface area contributed by atoms with Gasteiger partial charge in [0.05, 0.1) is 5.56 Å². The number of aryl methyl sites for hydroxylation is 1. The molecule has 2 aromatic carbocycles. The highest BCUT2D eigenvalue weighted by molar-refractivity contribution is 5.65. The zero-order valence-electron chi connectivity index (χ0n) is 10.8. The first-order valence-electron chi connectivity index (χ1n) is 6.05. The van der Waals surface area contributed by atoms with E-state index in [4.69, 9.17) is 0 Å². The van der Waals surface area contributed by atoms with Crippen molar-refractivity contribution in [2.75, 3.05) is 0 Å². The molecule has 0 saturated carbocycles. The van der Waals surface area contributed by atoms with E-state index < -0.39 is 11.6 Å². The van der Waals surface area contributed by atoms with E-state index >= 15 is 0 Å². The molecule has 0 aliphatic carbocycles. The van der Waals surface area contributed by atoms with Gasteiger partial charge in [-0.2, -0.15) is 0 Å². The zero-order chi connectivity index (χ0) is 13.3. The number of halogens is 2. The molecule has 0 aliphatic rings. The minimum Gasteiger partial charge on any atom is -0.206 e. The molecular formula is C16H16F2. The molecule has 0 aromatic heterocycles. The van der Waals surface area contributed by atoms with Crippen molar-refractivity contribution in [3.8, 4) is 11.1 Å². The topological polar surface area (TPSA) is 0 Å². The van der Waals surface area contributed by atoms with Crippen LogP contribution in [0.5, 0.6) is 0 Å². The Kier molecular flexibility index (Phi) is 3.46. The first-order chi connectivity index (χ1) is 8.49. The van der Waals surface area contributed by atoms with Crippen molar-refractivity contribution in [1.29, 1.82) is 0 Å². The zero-order valence-corrected chi connectivity index (χ0v) is 10.8. The van der Waals surface area contributed by atoms with Crippen LogP contribution in [0.15, 0.2) is 36.4 Å². The largest absolute Gasteiger partial charge is 0.206 e. The summed E-state index contributed by atoms with van der Waals surface area (Å²) < 4.78 is 28.0. The molecule has 0 fully saturated rings. The van der Waals surface area contributed by atoms with Gasteiger partial charge in [-0.15, -0.1) is 0 Å². The monoisotopic (exact) mass is 246 g/mol. The van der Waals surface area contributed by atoms with Gasteiger partial charge in [0.25, 0.3) is 0 Å². The lowest BCUT2D eigenvalue weighted by atomic mass is 9.97. The van der Waals surface area contributed by atoms with Crippen molar-refractivity contribution in [3.63, 3.8) is 0 Å². The molecule has 18 heavy (non-hydrogen) atoms. The van der Waals surface area contributed by atoms with Crippen LogP contribution in [0.2, 0.25) is 0 Å². The van der Waals surface area contributed by atoms with Crippen LogP contribution >= 0.6 is 0 Å². The highest BCUT2D eigenvalue weighted by atomic mass is 19.1. The summed E-state index contributed by atoms with van der Waals surface area (Å²) in [4.78, 5) is 0. The van der Waals surface area contributed by atoms with Crippen molar-refractivity contribution >= 4 is 0 Å². The van der Waals surface area contributed by atoms with Crippen LogP contribution in [0.4, 0.5) is 8.78 Å². The Bertz CT molecular complexity index is 531. The van der Waals surface area contributed by atoms with Crippen LogP contribution in [0.25, 0.3) is 11.1 Å². The molecule has 0 saturated heterocycles. The van der Waals surface area contributed by atoms with Crippen molar-refractivity contribution in [3.05, 3.63) is 59.2 Å². The average Bonchev–Trinajstić information content (AvgIpc) is 2.30. The van der Waals surface area contributed by atoms with Gasteiger partial charge in [-0.25, -0.2) is 8.78 Å². The molecule has 0 unspecified atom stereocenters. The Balaban J connectivity index is 2.55. The van der Waals surface area contributed by atoms with E-state index in [1.54, 1.807) is 12.1 Å². The maximum Gasteiger partial charge on any atom is 0.134 e. The van der Waals surface area contributed by atoms with Gasteiger partial charge >= 0.3 is 0 Å².